The molecule has 0 N–H and O–H groups in total. The lowest BCUT2D eigenvalue weighted by Gasteiger charge is -2.05. The van der Waals surface area contributed by atoms with E-state index in [9.17, 15) is 0 Å². The van der Waals surface area contributed by atoms with E-state index < -0.39 is 0 Å². The minimum Gasteiger partial charge on any atom is -0.0843 e. The molecular formula is C12H7Cl3. The Morgan fingerprint density at radius 2 is 1.47 bits per heavy atom. The van der Waals surface area contributed by atoms with Gasteiger partial charge in [-0.05, 0) is 29.8 Å². The van der Waals surface area contributed by atoms with Gasteiger partial charge >= 0.3 is 0 Å². The zero-order valence-electron chi connectivity index (χ0n) is 11.4. The fraction of sp³-hybridized carbons (Fsp3) is 0. The van der Waals surface area contributed by atoms with Crippen molar-refractivity contribution in [2.45, 2.75) is 0 Å². The Kier molecular flexibility index (Phi) is 2.01. The summed E-state index contributed by atoms with van der Waals surface area (Å²) in [5.41, 5.74) is 0.645. The Morgan fingerprint density at radius 3 is 2.13 bits per heavy atom. The van der Waals surface area contributed by atoms with Gasteiger partial charge in [0.1, 0.15) is 0 Å². The first kappa shape index (κ1) is 6.80. The van der Waals surface area contributed by atoms with Gasteiger partial charge in [-0.15, -0.1) is 0 Å². The molecule has 0 spiro atoms. The molecule has 0 aliphatic heterocycles. The topological polar surface area (TPSA) is 0 Å². The molecule has 3 heteroatoms. The number of benzene rings is 2. The molecule has 0 bridgehead atoms. The summed E-state index contributed by atoms with van der Waals surface area (Å²) in [6, 6.07) is 3.42. The highest BCUT2D eigenvalue weighted by atomic mass is 35.5. The van der Waals surface area contributed by atoms with E-state index >= 15 is 0 Å². The van der Waals surface area contributed by atoms with Gasteiger partial charge in [-0.25, -0.2) is 0 Å². The summed E-state index contributed by atoms with van der Waals surface area (Å²) in [5, 5.41) is 0.682. The van der Waals surface area contributed by atoms with Crippen LogP contribution in [0.15, 0.2) is 42.4 Å². The molecule has 0 aliphatic carbocycles. The van der Waals surface area contributed by atoms with E-state index in [0.29, 0.717) is 15.6 Å². The van der Waals surface area contributed by atoms with E-state index in [1.807, 2.05) is 0 Å². The Bertz CT molecular complexity index is 621. The van der Waals surface area contributed by atoms with Crippen LogP contribution in [0.2, 0.25) is 15.1 Å². The van der Waals surface area contributed by atoms with Crippen molar-refractivity contribution in [2.75, 3.05) is 0 Å². The van der Waals surface area contributed by atoms with Crippen molar-refractivity contribution in [2.24, 2.45) is 0 Å². The standard InChI is InChI=1S/C12H7Cl3/c13-9-5-8(6-10(14)7-9)11-3-1-2-4-12(11)15/h1-7H/i1D,2D,3D,4D. The lowest BCUT2D eigenvalue weighted by molar-refractivity contribution is 1.62. The highest BCUT2D eigenvalue weighted by Crippen LogP contribution is 2.31. The van der Waals surface area contributed by atoms with Crippen molar-refractivity contribution in [1.29, 1.82) is 0 Å². The normalized spacial score (nSPS) is 14.1. The second-order valence-electron chi connectivity index (χ2n) is 2.85. The van der Waals surface area contributed by atoms with E-state index in [1.54, 1.807) is 12.1 Å². The third kappa shape index (κ3) is 2.46. The van der Waals surface area contributed by atoms with Crippen LogP contribution in [-0.4, -0.2) is 0 Å². The summed E-state index contributed by atoms with van der Waals surface area (Å²) >= 11 is 17.8. The molecule has 15 heavy (non-hydrogen) atoms. The maximum absolute atomic E-state index is 7.89. The predicted octanol–water partition coefficient (Wildman–Crippen LogP) is 5.31. The zero-order valence-corrected chi connectivity index (χ0v) is 9.63. The van der Waals surface area contributed by atoms with Crippen LogP contribution < -0.4 is 0 Å². The number of hydrogen-bond donors (Lipinski definition) is 0. The maximum atomic E-state index is 7.89. The SMILES string of the molecule is [2H]c1c([2H])c([2H])c(-c2cc(Cl)cc(Cl)c2)c(Cl)c1[2H]. The number of rotatable bonds is 1. The monoisotopic (exact) mass is 260 g/mol. The first-order chi connectivity index (χ1) is 8.82. The van der Waals surface area contributed by atoms with Crippen molar-refractivity contribution < 1.29 is 5.48 Å². The molecule has 0 unspecified atom stereocenters. The van der Waals surface area contributed by atoms with Crippen molar-refractivity contribution >= 4 is 34.8 Å². The Balaban J connectivity index is 2.82. The van der Waals surface area contributed by atoms with Crippen LogP contribution in [0.25, 0.3) is 11.1 Å². The Hall–Kier alpha value is -0.690. The highest BCUT2D eigenvalue weighted by Gasteiger charge is 2.04. The molecule has 0 heterocycles. The molecule has 2 aromatic carbocycles. The lowest BCUT2D eigenvalue weighted by atomic mass is 10.1. The summed E-state index contributed by atoms with van der Waals surface area (Å²) in [5.74, 6) is 0. The first-order valence-electron chi connectivity index (χ1n) is 6.05. The Morgan fingerprint density at radius 1 is 0.867 bits per heavy atom. The van der Waals surface area contributed by atoms with Crippen LogP contribution in [0.3, 0.4) is 0 Å². The molecular weight excluding hydrogens is 250 g/mol. The largest absolute Gasteiger partial charge is 0.0843 e. The fourth-order valence-electron chi connectivity index (χ4n) is 1.19. The molecule has 0 amide bonds. The van der Waals surface area contributed by atoms with Crippen LogP contribution >= 0.6 is 34.8 Å². The summed E-state index contributed by atoms with van der Waals surface area (Å²) in [7, 11) is 0. The molecule has 0 aromatic heterocycles. The molecule has 0 atom stereocenters. The van der Waals surface area contributed by atoms with Gasteiger partial charge in [-0.2, -0.15) is 0 Å². The number of hydrogen-bond acceptors (Lipinski definition) is 0. The van der Waals surface area contributed by atoms with Gasteiger partial charge < -0.3 is 0 Å². The minimum atomic E-state index is -0.369. The van der Waals surface area contributed by atoms with Gasteiger partial charge in [-0.1, -0.05) is 52.9 Å². The third-order valence-corrected chi connectivity index (χ3v) is 2.51. The van der Waals surface area contributed by atoms with Gasteiger partial charge in [0.25, 0.3) is 0 Å². The molecule has 2 rings (SSSR count). The molecule has 0 saturated carbocycles. The van der Waals surface area contributed by atoms with Crippen molar-refractivity contribution in [3.63, 3.8) is 0 Å². The van der Waals surface area contributed by atoms with Gasteiger partial charge in [0, 0.05) is 20.6 Å². The van der Waals surface area contributed by atoms with E-state index in [4.69, 9.17) is 40.3 Å². The van der Waals surface area contributed by atoms with Crippen molar-refractivity contribution in [3.8, 4) is 11.1 Å². The summed E-state index contributed by atoms with van der Waals surface area (Å²) < 4.78 is 30.8. The molecule has 2 aromatic rings. The van der Waals surface area contributed by atoms with E-state index in [0.717, 1.165) is 0 Å². The second kappa shape index (κ2) is 4.44. The average Bonchev–Trinajstić information content (AvgIpc) is 2.33. The molecule has 0 saturated heterocycles. The van der Waals surface area contributed by atoms with Crippen LogP contribution in [0.4, 0.5) is 0 Å². The summed E-state index contributed by atoms with van der Waals surface area (Å²) in [6.07, 6.45) is 0. The molecule has 0 radical (unpaired) electrons. The van der Waals surface area contributed by atoms with E-state index in [-0.39, 0.29) is 34.8 Å². The van der Waals surface area contributed by atoms with Gasteiger partial charge in [0.15, 0.2) is 0 Å². The average molecular weight is 262 g/mol. The molecule has 0 fully saturated rings. The van der Waals surface area contributed by atoms with Gasteiger partial charge in [-0.3, -0.25) is 0 Å². The minimum absolute atomic E-state index is 0.0515. The lowest BCUT2D eigenvalue weighted by Crippen LogP contribution is -1.79. The van der Waals surface area contributed by atoms with Crippen LogP contribution in [0.5, 0.6) is 0 Å². The van der Waals surface area contributed by atoms with E-state index in [1.165, 1.54) is 6.07 Å². The van der Waals surface area contributed by atoms with Crippen LogP contribution in [-0.2, 0) is 0 Å². The van der Waals surface area contributed by atoms with E-state index in [2.05, 4.69) is 0 Å². The molecule has 0 aliphatic rings. The molecule has 0 nitrogen and oxygen atoms in total. The van der Waals surface area contributed by atoms with Crippen molar-refractivity contribution in [3.05, 3.63) is 57.4 Å². The summed E-state index contributed by atoms with van der Waals surface area (Å²) in [6.45, 7) is 0. The smallest absolute Gasteiger partial charge is 0.0639 e. The van der Waals surface area contributed by atoms with Gasteiger partial charge in [0.05, 0.1) is 5.48 Å². The second-order valence-corrected chi connectivity index (χ2v) is 4.10. The molecule has 76 valence electrons. The third-order valence-electron chi connectivity index (χ3n) is 1.79. The quantitative estimate of drug-likeness (QED) is 0.652. The number of halogens is 3. The highest BCUT2D eigenvalue weighted by molar-refractivity contribution is 6.36. The maximum Gasteiger partial charge on any atom is 0.0639 e. The van der Waals surface area contributed by atoms with Crippen LogP contribution in [0, 0.1) is 0 Å². The predicted molar refractivity (Wildman–Crippen MR) is 66.9 cm³/mol. The van der Waals surface area contributed by atoms with Crippen LogP contribution in [0.1, 0.15) is 5.48 Å². The van der Waals surface area contributed by atoms with Crippen molar-refractivity contribution in [1.82, 2.24) is 0 Å². The summed E-state index contributed by atoms with van der Waals surface area (Å²) in [4.78, 5) is 0. The first-order valence-corrected chi connectivity index (χ1v) is 5.18. The Labute approximate surface area is 109 Å². The van der Waals surface area contributed by atoms with Gasteiger partial charge in [0.2, 0.25) is 0 Å². The fourth-order valence-corrected chi connectivity index (χ4v) is 1.92. The zero-order chi connectivity index (χ0) is 14.3.